The van der Waals surface area contributed by atoms with Crippen molar-refractivity contribution >= 4 is 29.6 Å². The topological polar surface area (TPSA) is 103 Å². The third kappa shape index (κ3) is 3.96. The van der Waals surface area contributed by atoms with Gasteiger partial charge in [0.25, 0.3) is 11.8 Å². The number of rotatable bonds is 6. The van der Waals surface area contributed by atoms with E-state index in [1.54, 1.807) is 30.3 Å². The van der Waals surface area contributed by atoms with Crippen molar-refractivity contribution in [2.24, 2.45) is 0 Å². The minimum atomic E-state index is -0.842. The summed E-state index contributed by atoms with van der Waals surface area (Å²) in [5, 5.41) is 2.20. The summed E-state index contributed by atoms with van der Waals surface area (Å²) in [6, 6.07) is 8.88. The lowest BCUT2D eigenvalue weighted by molar-refractivity contribution is -0.122. The van der Waals surface area contributed by atoms with Gasteiger partial charge >= 0.3 is 6.03 Å². The molecule has 1 atom stereocenters. The first-order valence-electron chi connectivity index (χ1n) is 10.1. The van der Waals surface area contributed by atoms with Crippen molar-refractivity contribution in [1.82, 2.24) is 5.32 Å². The molecule has 0 aliphatic carbocycles. The van der Waals surface area contributed by atoms with Crippen LogP contribution in [0.25, 0.3) is 6.08 Å². The van der Waals surface area contributed by atoms with E-state index in [-0.39, 0.29) is 24.2 Å². The van der Waals surface area contributed by atoms with Crippen LogP contribution in [0.15, 0.2) is 42.0 Å². The third-order valence-corrected chi connectivity index (χ3v) is 5.12. The number of urea groups is 1. The van der Waals surface area contributed by atoms with Crippen molar-refractivity contribution in [3.63, 3.8) is 0 Å². The Hall–Kier alpha value is -4.01. The molecule has 0 aromatic heterocycles. The van der Waals surface area contributed by atoms with Crippen LogP contribution in [-0.4, -0.2) is 37.9 Å². The lowest BCUT2D eigenvalue weighted by Crippen LogP contribution is -2.54. The molecule has 1 N–H and O–H groups in total. The van der Waals surface area contributed by atoms with E-state index in [4.69, 9.17) is 18.9 Å². The lowest BCUT2D eigenvalue weighted by Gasteiger charge is -2.26. The van der Waals surface area contributed by atoms with Gasteiger partial charge in [-0.2, -0.15) is 0 Å². The number of hydrogen-bond donors (Lipinski definition) is 1. The number of carbonyl (C=O) groups excluding carboxylic acids is 3. The van der Waals surface area contributed by atoms with E-state index >= 15 is 0 Å². The highest BCUT2D eigenvalue weighted by Gasteiger charge is 2.37. The maximum absolute atomic E-state index is 13.1. The van der Waals surface area contributed by atoms with E-state index in [0.29, 0.717) is 28.6 Å². The molecule has 4 rings (SSSR count). The van der Waals surface area contributed by atoms with Crippen molar-refractivity contribution in [1.29, 1.82) is 0 Å². The van der Waals surface area contributed by atoms with Crippen LogP contribution >= 0.6 is 0 Å². The monoisotopic (exact) mass is 438 g/mol. The molecule has 0 bridgehead atoms. The average molecular weight is 438 g/mol. The van der Waals surface area contributed by atoms with Crippen LogP contribution in [0.3, 0.4) is 0 Å². The van der Waals surface area contributed by atoms with Gasteiger partial charge in [0.2, 0.25) is 6.79 Å². The Morgan fingerprint density at radius 2 is 1.88 bits per heavy atom. The standard InChI is InChI=1S/C23H22N2O7/c1-4-13(2)32-18-7-5-14(10-19(18)29-3)9-16-21(26)24-23(28)25(22(16)27)15-6-8-17-20(11-15)31-12-30-17/h5-11,13H,4,12H2,1-3H3,(H,24,26,28)/b16-9+/t13-/m0/s1. The Bertz CT molecular complexity index is 1130. The van der Waals surface area contributed by atoms with Gasteiger partial charge in [-0.1, -0.05) is 13.0 Å². The Labute approximate surface area is 184 Å². The summed E-state index contributed by atoms with van der Waals surface area (Å²) in [7, 11) is 1.51. The highest BCUT2D eigenvalue weighted by Crippen LogP contribution is 2.36. The van der Waals surface area contributed by atoms with Gasteiger partial charge in [-0.15, -0.1) is 0 Å². The first kappa shape index (κ1) is 21.2. The molecule has 2 aromatic carbocycles. The molecule has 2 heterocycles. The Kier molecular flexibility index (Phi) is 5.72. The van der Waals surface area contributed by atoms with Crippen molar-refractivity contribution in [2.45, 2.75) is 26.4 Å². The summed E-state index contributed by atoms with van der Waals surface area (Å²) in [6.07, 6.45) is 2.23. The Morgan fingerprint density at radius 3 is 2.62 bits per heavy atom. The predicted octanol–water partition coefficient (Wildman–Crippen LogP) is 3.27. The zero-order valence-corrected chi connectivity index (χ0v) is 17.8. The van der Waals surface area contributed by atoms with Crippen LogP contribution in [0.2, 0.25) is 0 Å². The molecule has 9 nitrogen and oxygen atoms in total. The molecule has 2 aliphatic rings. The van der Waals surface area contributed by atoms with Gasteiger partial charge in [0.05, 0.1) is 18.9 Å². The number of benzene rings is 2. The Morgan fingerprint density at radius 1 is 1.09 bits per heavy atom. The SMILES string of the molecule is CC[C@H](C)Oc1ccc(/C=C2\C(=O)NC(=O)N(c3ccc4c(c3)OCO4)C2=O)cc1OC. The number of carbonyl (C=O) groups is 3. The van der Waals surface area contributed by atoms with Gasteiger partial charge in [0.1, 0.15) is 5.57 Å². The number of amides is 4. The summed E-state index contributed by atoms with van der Waals surface area (Å²) in [6.45, 7) is 4.01. The number of ether oxygens (including phenoxy) is 4. The predicted molar refractivity (Wildman–Crippen MR) is 115 cm³/mol. The molecule has 0 radical (unpaired) electrons. The summed E-state index contributed by atoms with van der Waals surface area (Å²) >= 11 is 0. The fourth-order valence-corrected chi connectivity index (χ4v) is 3.25. The van der Waals surface area contributed by atoms with Gasteiger partial charge in [0, 0.05) is 6.07 Å². The van der Waals surface area contributed by atoms with E-state index in [1.807, 2.05) is 13.8 Å². The Balaban J connectivity index is 1.66. The number of nitrogens with zero attached hydrogens (tertiary/aromatic N) is 1. The van der Waals surface area contributed by atoms with Gasteiger partial charge < -0.3 is 18.9 Å². The molecular formula is C23H22N2O7. The number of barbiturate groups is 1. The van der Waals surface area contributed by atoms with Crippen LogP contribution in [0.4, 0.5) is 10.5 Å². The van der Waals surface area contributed by atoms with Crippen molar-refractivity contribution in [2.75, 3.05) is 18.8 Å². The highest BCUT2D eigenvalue weighted by atomic mass is 16.7. The smallest absolute Gasteiger partial charge is 0.335 e. The van der Waals surface area contributed by atoms with Gasteiger partial charge in [0.15, 0.2) is 23.0 Å². The molecule has 166 valence electrons. The number of hydrogen-bond acceptors (Lipinski definition) is 7. The minimum Gasteiger partial charge on any atom is -0.493 e. The van der Waals surface area contributed by atoms with Crippen LogP contribution in [-0.2, 0) is 9.59 Å². The zero-order chi connectivity index (χ0) is 22.8. The first-order chi connectivity index (χ1) is 15.4. The number of methoxy groups -OCH3 is 1. The maximum Gasteiger partial charge on any atom is 0.335 e. The second kappa shape index (κ2) is 8.62. The second-order valence-electron chi connectivity index (χ2n) is 7.24. The van der Waals surface area contributed by atoms with E-state index in [1.165, 1.54) is 19.3 Å². The molecule has 2 aliphatic heterocycles. The quantitative estimate of drug-likeness (QED) is 0.545. The lowest BCUT2D eigenvalue weighted by atomic mass is 10.1. The number of nitrogens with one attached hydrogen (secondary N) is 1. The highest BCUT2D eigenvalue weighted by molar-refractivity contribution is 6.39. The second-order valence-corrected chi connectivity index (χ2v) is 7.24. The van der Waals surface area contributed by atoms with Crippen LogP contribution < -0.4 is 29.2 Å². The van der Waals surface area contributed by atoms with Gasteiger partial charge in [-0.25, -0.2) is 9.69 Å². The van der Waals surface area contributed by atoms with E-state index in [0.717, 1.165) is 11.3 Å². The fraction of sp³-hybridized carbons (Fsp3) is 0.261. The molecule has 0 saturated carbocycles. The first-order valence-corrected chi connectivity index (χ1v) is 10.1. The summed E-state index contributed by atoms with van der Waals surface area (Å²) in [5.41, 5.74) is 0.599. The van der Waals surface area contributed by atoms with Crippen LogP contribution in [0, 0.1) is 0 Å². The fourth-order valence-electron chi connectivity index (χ4n) is 3.25. The molecule has 32 heavy (non-hydrogen) atoms. The van der Waals surface area contributed by atoms with Crippen molar-refractivity contribution in [3.8, 4) is 23.0 Å². The van der Waals surface area contributed by atoms with Gasteiger partial charge in [-0.3, -0.25) is 14.9 Å². The number of anilines is 1. The zero-order valence-electron chi connectivity index (χ0n) is 17.8. The molecule has 9 heteroatoms. The van der Waals surface area contributed by atoms with Gasteiger partial charge in [-0.05, 0) is 49.2 Å². The van der Waals surface area contributed by atoms with Crippen molar-refractivity contribution < 1.29 is 33.3 Å². The molecular weight excluding hydrogens is 416 g/mol. The van der Waals surface area contributed by atoms with E-state index < -0.39 is 17.8 Å². The maximum atomic E-state index is 13.1. The molecule has 1 saturated heterocycles. The average Bonchev–Trinajstić information content (AvgIpc) is 3.25. The molecule has 2 aromatic rings. The van der Waals surface area contributed by atoms with E-state index in [9.17, 15) is 14.4 Å². The largest absolute Gasteiger partial charge is 0.493 e. The number of imide groups is 2. The molecule has 1 fully saturated rings. The summed E-state index contributed by atoms with van der Waals surface area (Å²) in [4.78, 5) is 38.9. The minimum absolute atomic E-state index is 0.0000702. The molecule has 4 amide bonds. The third-order valence-electron chi connectivity index (χ3n) is 5.12. The summed E-state index contributed by atoms with van der Waals surface area (Å²) in [5.74, 6) is 0.407. The van der Waals surface area contributed by atoms with Crippen LogP contribution in [0.1, 0.15) is 25.8 Å². The normalized spacial score (nSPS) is 17.4. The summed E-state index contributed by atoms with van der Waals surface area (Å²) < 4.78 is 21.8. The van der Waals surface area contributed by atoms with Crippen LogP contribution in [0.5, 0.6) is 23.0 Å². The molecule has 0 spiro atoms. The molecule has 0 unspecified atom stereocenters. The van der Waals surface area contributed by atoms with Crippen molar-refractivity contribution in [3.05, 3.63) is 47.5 Å². The number of fused-ring (bicyclic) bond motifs is 1. The van der Waals surface area contributed by atoms with E-state index in [2.05, 4.69) is 5.32 Å².